The Bertz CT molecular complexity index is 1120. The van der Waals surface area contributed by atoms with Gasteiger partial charge in [0.1, 0.15) is 6.61 Å². The molecule has 0 aliphatic carbocycles. The van der Waals surface area contributed by atoms with E-state index in [0.717, 1.165) is 83.5 Å². The summed E-state index contributed by atoms with van der Waals surface area (Å²) >= 11 is 0. The Hall–Kier alpha value is -2.97. The van der Waals surface area contributed by atoms with Gasteiger partial charge in [0.05, 0.1) is 34.4 Å². The van der Waals surface area contributed by atoms with Crippen molar-refractivity contribution >= 4 is 17.9 Å². The second-order valence-electron chi connectivity index (χ2n) is 16.4. The summed E-state index contributed by atoms with van der Waals surface area (Å²) in [4.78, 5) is 37.0. The van der Waals surface area contributed by atoms with Crippen LogP contribution in [0, 0.1) is 0 Å². The standard InChI is InChI=1S/C49H85NO7/c1-6-8-10-12-14-16-18-20-22-23-24-26-28-30-32-34-36-38-40-48(52)57-45(43-55-42-41-46(49(53)54)50(3,4)5)44-56-47(51)39-37-35-33-31-29-27-25-21-19-17-15-13-11-9-7-2/h15,17-24,26,45-46H,6-14,16,25,27-44H2,1-5H3/p+1/b17-15+,20-18+,21-19+,23-22+,26-24+. The molecule has 0 aromatic rings. The molecule has 0 aliphatic heterocycles. The Kier molecular flexibility index (Phi) is 37.8. The lowest BCUT2D eigenvalue weighted by Gasteiger charge is -2.31. The van der Waals surface area contributed by atoms with Gasteiger partial charge in [-0.3, -0.25) is 9.59 Å². The van der Waals surface area contributed by atoms with Gasteiger partial charge in [-0.1, -0.05) is 158 Å². The lowest BCUT2D eigenvalue weighted by Crippen LogP contribution is -2.50. The molecular formula is C49H86NO7+. The molecule has 0 saturated carbocycles. The van der Waals surface area contributed by atoms with Crippen LogP contribution >= 0.6 is 0 Å². The largest absolute Gasteiger partial charge is 0.477 e. The van der Waals surface area contributed by atoms with Crippen molar-refractivity contribution in [3.8, 4) is 0 Å². The minimum atomic E-state index is -0.882. The third kappa shape index (κ3) is 38.3. The van der Waals surface area contributed by atoms with Crippen molar-refractivity contribution in [2.24, 2.45) is 0 Å². The third-order valence-corrected chi connectivity index (χ3v) is 9.98. The van der Waals surface area contributed by atoms with Gasteiger partial charge in [0.25, 0.3) is 0 Å². The zero-order valence-electron chi connectivity index (χ0n) is 37.3. The van der Waals surface area contributed by atoms with E-state index in [1.807, 2.05) is 21.1 Å². The highest BCUT2D eigenvalue weighted by atomic mass is 16.6. The molecular weight excluding hydrogens is 715 g/mol. The van der Waals surface area contributed by atoms with Crippen LogP contribution in [0.3, 0.4) is 0 Å². The summed E-state index contributed by atoms with van der Waals surface area (Å²) in [6.45, 7) is 4.65. The molecule has 2 unspecified atom stereocenters. The normalized spacial score (nSPS) is 13.5. The van der Waals surface area contributed by atoms with Crippen LogP contribution in [0.4, 0.5) is 0 Å². The SMILES string of the molecule is CCCCC/C=C/C=C/CCCCCCCCC(=O)OCC(COCCC(C(=O)O)[N+](C)(C)C)OC(=O)CCCCCCC/C=C/C=C/C=C/CCCCCCC. The number of unbranched alkanes of at least 4 members (excludes halogenated alkanes) is 19. The van der Waals surface area contributed by atoms with Crippen LogP contribution in [0.1, 0.15) is 181 Å². The second-order valence-corrected chi connectivity index (χ2v) is 16.4. The average Bonchev–Trinajstić information content (AvgIpc) is 3.17. The highest BCUT2D eigenvalue weighted by Crippen LogP contribution is 2.13. The van der Waals surface area contributed by atoms with Crippen LogP contribution in [0.2, 0.25) is 0 Å². The highest BCUT2D eigenvalue weighted by molar-refractivity contribution is 5.72. The van der Waals surface area contributed by atoms with E-state index in [1.165, 1.54) is 64.2 Å². The minimum absolute atomic E-state index is 0.0467. The lowest BCUT2D eigenvalue weighted by atomic mass is 10.1. The number of quaternary nitrogens is 1. The number of esters is 2. The Morgan fingerprint density at radius 3 is 1.40 bits per heavy atom. The summed E-state index contributed by atoms with van der Waals surface area (Å²) in [6, 6.07) is -0.622. The maximum Gasteiger partial charge on any atom is 0.362 e. The molecule has 0 heterocycles. The van der Waals surface area contributed by atoms with Crippen LogP contribution in [0.15, 0.2) is 60.8 Å². The van der Waals surface area contributed by atoms with Crippen LogP contribution in [0.5, 0.6) is 0 Å². The fraction of sp³-hybridized carbons (Fsp3) is 0.735. The van der Waals surface area contributed by atoms with Gasteiger partial charge in [-0.2, -0.15) is 0 Å². The quantitative estimate of drug-likeness (QED) is 0.0285. The molecule has 8 heteroatoms. The van der Waals surface area contributed by atoms with E-state index in [4.69, 9.17) is 14.2 Å². The van der Waals surface area contributed by atoms with Crippen LogP contribution in [-0.4, -0.2) is 80.6 Å². The number of ether oxygens (including phenoxy) is 3. The Morgan fingerprint density at radius 1 is 0.526 bits per heavy atom. The first kappa shape index (κ1) is 54.0. The van der Waals surface area contributed by atoms with Crippen molar-refractivity contribution in [1.29, 1.82) is 0 Å². The molecule has 0 rings (SSSR count). The summed E-state index contributed by atoms with van der Waals surface area (Å²) < 4.78 is 17.3. The molecule has 0 spiro atoms. The van der Waals surface area contributed by atoms with Crippen molar-refractivity contribution in [3.63, 3.8) is 0 Å². The van der Waals surface area contributed by atoms with Crippen LogP contribution in [0.25, 0.3) is 0 Å². The molecule has 0 amide bonds. The summed E-state index contributed by atoms with van der Waals surface area (Å²) in [5.74, 6) is -1.51. The summed E-state index contributed by atoms with van der Waals surface area (Å²) in [7, 11) is 5.51. The molecule has 2 atom stereocenters. The number of allylic oxidation sites excluding steroid dienone is 10. The third-order valence-electron chi connectivity index (χ3n) is 9.98. The predicted octanol–water partition coefficient (Wildman–Crippen LogP) is 12.6. The first-order chi connectivity index (χ1) is 27.6. The Morgan fingerprint density at radius 2 is 0.930 bits per heavy atom. The number of hydrogen-bond donors (Lipinski definition) is 1. The van der Waals surface area contributed by atoms with Gasteiger partial charge in [-0.15, -0.1) is 0 Å². The number of carbonyl (C=O) groups is 3. The molecule has 0 aromatic carbocycles. The van der Waals surface area contributed by atoms with Crippen LogP contribution < -0.4 is 0 Å². The molecule has 0 fully saturated rings. The first-order valence-electron chi connectivity index (χ1n) is 22.9. The maximum atomic E-state index is 12.7. The minimum Gasteiger partial charge on any atom is -0.477 e. The molecule has 0 saturated heterocycles. The smallest absolute Gasteiger partial charge is 0.362 e. The van der Waals surface area contributed by atoms with Crippen LogP contribution in [-0.2, 0) is 28.6 Å². The van der Waals surface area contributed by atoms with E-state index in [9.17, 15) is 19.5 Å². The number of nitrogens with zero attached hydrogens (tertiary/aromatic N) is 1. The lowest BCUT2D eigenvalue weighted by molar-refractivity contribution is -0.887. The predicted molar refractivity (Wildman–Crippen MR) is 238 cm³/mol. The summed E-state index contributed by atoms with van der Waals surface area (Å²) in [5, 5.41) is 9.62. The number of hydrogen-bond acceptors (Lipinski definition) is 6. The molecule has 0 bridgehead atoms. The van der Waals surface area contributed by atoms with Gasteiger partial charge in [-0.05, 0) is 64.2 Å². The van der Waals surface area contributed by atoms with Gasteiger partial charge < -0.3 is 23.8 Å². The number of aliphatic carboxylic acids is 1. The number of carboxylic acids is 1. The maximum absolute atomic E-state index is 12.7. The van der Waals surface area contributed by atoms with Gasteiger partial charge in [0.15, 0.2) is 12.1 Å². The fourth-order valence-electron chi connectivity index (χ4n) is 6.38. The second kappa shape index (κ2) is 39.8. The molecule has 0 aromatic heterocycles. The highest BCUT2D eigenvalue weighted by Gasteiger charge is 2.31. The molecule has 1 N–H and O–H groups in total. The van der Waals surface area contributed by atoms with Crippen molar-refractivity contribution in [2.45, 2.75) is 193 Å². The van der Waals surface area contributed by atoms with Gasteiger partial charge in [-0.25, -0.2) is 4.79 Å². The Balaban J connectivity index is 4.41. The van der Waals surface area contributed by atoms with Crippen molar-refractivity contribution < 1.29 is 38.2 Å². The monoisotopic (exact) mass is 801 g/mol. The summed E-state index contributed by atoms with van der Waals surface area (Å²) in [6.07, 6.45) is 48.2. The van der Waals surface area contributed by atoms with Crippen molar-refractivity contribution in [1.82, 2.24) is 0 Å². The van der Waals surface area contributed by atoms with Crippen molar-refractivity contribution in [3.05, 3.63) is 60.8 Å². The topological polar surface area (TPSA) is 99.1 Å². The van der Waals surface area contributed by atoms with Gasteiger partial charge >= 0.3 is 17.9 Å². The van der Waals surface area contributed by atoms with E-state index in [2.05, 4.69) is 74.6 Å². The fourth-order valence-corrected chi connectivity index (χ4v) is 6.38. The number of carbonyl (C=O) groups excluding carboxylic acids is 2. The van der Waals surface area contributed by atoms with Gasteiger partial charge in [0.2, 0.25) is 0 Å². The molecule has 0 radical (unpaired) electrons. The van der Waals surface area contributed by atoms with E-state index in [1.54, 1.807) is 0 Å². The number of carboxylic acid groups (broad SMARTS) is 1. The van der Waals surface area contributed by atoms with E-state index < -0.39 is 18.1 Å². The van der Waals surface area contributed by atoms with E-state index in [-0.39, 0.29) is 36.2 Å². The summed E-state index contributed by atoms with van der Waals surface area (Å²) in [5.41, 5.74) is 0. The zero-order valence-corrected chi connectivity index (χ0v) is 37.3. The number of likely N-dealkylation sites (N-methyl/N-ethyl adjacent to an activating group) is 1. The molecule has 8 nitrogen and oxygen atoms in total. The number of rotatable bonds is 40. The Labute approximate surface area is 349 Å². The van der Waals surface area contributed by atoms with Gasteiger partial charge in [0, 0.05) is 19.3 Å². The molecule has 0 aliphatic rings. The van der Waals surface area contributed by atoms with E-state index >= 15 is 0 Å². The first-order valence-corrected chi connectivity index (χ1v) is 22.9. The molecule has 57 heavy (non-hydrogen) atoms. The zero-order chi connectivity index (χ0) is 42.1. The average molecular weight is 801 g/mol. The van der Waals surface area contributed by atoms with Crippen molar-refractivity contribution in [2.75, 3.05) is 41.0 Å². The molecule has 328 valence electrons. The van der Waals surface area contributed by atoms with E-state index in [0.29, 0.717) is 19.3 Å².